The van der Waals surface area contributed by atoms with E-state index in [9.17, 15) is 0 Å². The van der Waals surface area contributed by atoms with Crippen molar-refractivity contribution in [3.05, 3.63) is 0 Å². The van der Waals surface area contributed by atoms with Crippen molar-refractivity contribution in [1.29, 1.82) is 0 Å². The molecule has 1 aliphatic carbocycles. The first-order valence-electron chi connectivity index (χ1n) is 5.98. The van der Waals surface area contributed by atoms with Gasteiger partial charge in [0.25, 0.3) is 0 Å². The summed E-state index contributed by atoms with van der Waals surface area (Å²) in [5.74, 6) is 0.973. The van der Waals surface area contributed by atoms with Crippen molar-refractivity contribution >= 4 is 0 Å². The summed E-state index contributed by atoms with van der Waals surface area (Å²) in [6, 6.07) is 0. The molecule has 0 radical (unpaired) electrons. The first kappa shape index (κ1) is 10.4. The fourth-order valence-electron chi connectivity index (χ4n) is 2.07. The molecule has 2 fully saturated rings. The Morgan fingerprint density at radius 3 is 2.93 bits per heavy atom. The molecule has 2 aliphatic rings. The number of hydrogen-bond donors (Lipinski definition) is 2. The Morgan fingerprint density at radius 1 is 1.36 bits per heavy atom. The summed E-state index contributed by atoms with van der Waals surface area (Å²) in [5.41, 5.74) is 0. The fraction of sp³-hybridized carbons (Fsp3) is 1.00. The zero-order valence-corrected chi connectivity index (χ0v) is 8.93. The molecule has 0 aromatic heterocycles. The Hall–Kier alpha value is -0.120. The molecular weight excluding hydrogens is 176 g/mol. The molecule has 0 aromatic carbocycles. The quantitative estimate of drug-likeness (QED) is 0.640. The molecule has 2 N–H and O–H groups in total. The lowest BCUT2D eigenvalue weighted by molar-refractivity contribution is 0.0236. The molecular formula is C11H22N2O. The van der Waals surface area contributed by atoms with Gasteiger partial charge in [-0.25, -0.2) is 0 Å². The molecule has 3 nitrogen and oxygen atoms in total. The molecule has 1 atom stereocenters. The van der Waals surface area contributed by atoms with Crippen LogP contribution in [-0.2, 0) is 4.74 Å². The van der Waals surface area contributed by atoms with Crippen molar-refractivity contribution in [1.82, 2.24) is 10.6 Å². The van der Waals surface area contributed by atoms with Gasteiger partial charge in [0.05, 0.1) is 12.7 Å². The van der Waals surface area contributed by atoms with Crippen LogP contribution in [-0.4, -0.2) is 38.9 Å². The number of nitrogens with one attached hydrogen (secondary N) is 2. The van der Waals surface area contributed by atoms with Gasteiger partial charge in [-0.1, -0.05) is 6.42 Å². The Bertz CT molecular complexity index is 153. The van der Waals surface area contributed by atoms with Gasteiger partial charge in [0.2, 0.25) is 0 Å². The largest absolute Gasteiger partial charge is 0.376 e. The molecule has 1 saturated heterocycles. The van der Waals surface area contributed by atoms with Crippen molar-refractivity contribution in [2.75, 3.05) is 32.8 Å². The smallest absolute Gasteiger partial charge is 0.0712 e. The maximum absolute atomic E-state index is 5.62. The summed E-state index contributed by atoms with van der Waals surface area (Å²) < 4.78 is 5.62. The molecule has 1 unspecified atom stereocenters. The van der Waals surface area contributed by atoms with E-state index in [-0.39, 0.29) is 0 Å². The van der Waals surface area contributed by atoms with Gasteiger partial charge in [0.15, 0.2) is 0 Å². The van der Waals surface area contributed by atoms with E-state index in [4.69, 9.17) is 4.74 Å². The molecule has 1 aliphatic heterocycles. The summed E-state index contributed by atoms with van der Waals surface area (Å²) in [4.78, 5) is 0. The zero-order chi connectivity index (χ0) is 9.64. The second-order valence-electron chi connectivity index (χ2n) is 4.49. The molecule has 2 rings (SSSR count). The van der Waals surface area contributed by atoms with Gasteiger partial charge in [-0.3, -0.25) is 0 Å². The predicted octanol–water partition coefficient (Wildman–Crippen LogP) is 0.755. The van der Waals surface area contributed by atoms with Gasteiger partial charge in [-0.15, -0.1) is 0 Å². The van der Waals surface area contributed by atoms with E-state index in [1.807, 2.05) is 0 Å². The number of rotatable bonds is 5. The topological polar surface area (TPSA) is 33.3 Å². The summed E-state index contributed by atoms with van der Waals surface area (Å²) in [6.07, 6.45) is 5.92. The van der Waals surface area contributed by atoms with Crippen LogP contribution in [0.5, 0.6) is 0 Å². The Kier molecular flexibility index (Phi) is 4.22. The van der Waals surface area contributed by atoms with E-state index in [0.717, 1.165) is 38.6 Å². The van der Waals surface area contributed by atoms with Gasteiger partial charge in [-0.05, 0) is 38.3 Å². The standard InChI is InChI=1S/C11H22N2O/c1-2-10(3-1)8-12-5-4-11-9-13-6-7-14-11/h10-13H,1-9H2. The summed E-state index contributed by atoms with van der Waals surface area (Å²) in [6.45, 7) is 5.27. The highest BCUT2D eigenvalue weighted by atomic mass is 16.5. The van der Waals surface area contributed by atoms with Gasteiger partial charge < -0.3 is 15.4 Å². The van der Waals surface area contributed by atoms with Gasteiger partial charge in [0, 0.05) is 13.1 Å². The minimum Gasteiger partial charge on any atom is -0.376 e. The van der Waals surface area contributed by atoms with Crippen LogP contribution in [0.3, 0.4) is 0 Å². The van der Waals surface area contributed by atoms with E-state index in [1.165, 1.54) is 25.8 Å². The lowest BCUT2D eigenvalue weighted by Crippen LogP contribution is -2.40. The normalized spacial score (nSPS) is 28.7. The van der Waals surface area contributed by atoms with Gasteiger partial charge >= 0.3 is 0 Å². The monoisotopic (exact) mass is 198 g/mol. The third kappa shape index (κ3) is 3.23. The van der Waals surface area contributed by atoms with Crippen molar-refractivity contribution in [3.8, 4) is 0 Å². The van der Waals surface area contributed by atoms with Crippen LogP contribution < -0.4 is 10.6 Å². The van der Waals surface area contributed by atoms with Crippen LogP contribution in [0.15, 0.2) is 0 Å². The van der Waals surface area contributed by atoms with Crippen molar-refractivity contribution in [2.24, 2.45) is 5.92 Å². The fourth-order valence-corrected chi connectivity index (χ4v) is 2.07. The Balaban J connectivity index is 1.45. The third-order valence-corrected chi connectivity index (χ3v) is 3.31. The predicted molar refractivity (Wildman–Crippen MR) is 57.4 cm³/mol. The van der Waals surface area contributed by atoms with Crippen LogP contribution >= 0.6 is 0 Å². The minimum atomic E-state index is 0.442. The first-order chi connectivity index (χ1) is 6.95. The summed E-state index contributed by atoms with van der Waals surface area (Å²) in [7, 11) is 0. The number of hydrogen-bond acceptors (Lipinski definition) is 3. The maximum Gasteiger partial charge on any atom is 0.0712 e. The second-order valence-corrected chi connectivity index (χ2v) is 4.49. The number of morpholine rings is 1. The minimum absolute atomic E-state index is 0.442. The molecule has 0 spiro atoms. The molecule has 0 amide bonds. The average molecular weight is 198 g/mol. The van der Waals surface area contributed by atoms with Gasteiger partial charge in [-0.2, -0.15) is 0 Å². The van der Waals surface area contributed by atoms with Gasteiger partial charge in [0.1, 0.15) is 0 Å². The zero-order valence-electron chi connectivity index (χ0n) is 8.93. The highest BCUT2D eigenvalue weighted by Gasteiger charge is 2.17. The summed E-state index contributed by atoms with van der Waals surface area (Å²) >= 11 is 0. The lowest BCUT2D eigenvalue weighted by Gasteiger charge is -2.27. The highest BCUT2D eigenvalue weighted by Crippen LogP contribution is 2.25. The van der Waals surface area contributed by atoms with E-state index >= 15 is 0 Å². The Labute approximate surface area is 86.6 Å². The highest BCUT2D eigenvalue weighted by molar-refractivity contribution is 4.73. The molecule has 14 heavy (non-hydrogen) atoms. The molecule has 3 heteroatoms. The van der Waals surface area contributed by atoms with Crippen molar-refractivity contribution < 1.29 is 4.74 Å². The molecule has 0 bridgehead atoms. The van der Waals surface area contributed by atoms with Crippen LogP contribution in [0, 0.1) is 5.92 Å². The Morgan fingerprint density at radius 2 is 2.29 bits per heavy atom. The maximum atomic E-state index is 5.62. The van der Waals surface area contributed by atoms with Crippen LogP contribution in [0.1, 0.15) is 25.7 Å². The molecule has 82 valence electrons. The average Bonchev–Trinajstić information content (AvgIpc) is 2.16. The first-order valence-corrected chi connectivity index (χ1v) is 5.98. The van der Waals surface area contributed by atoms with Crippen molar-refractivity contribution in [3.63, 3.8) is 0 Å². The van der Waals surface area contributed by atoms with Crippen LogP contribution in [0.2, 0.25) is 0 Å². The van der Waals surface area contributed by atoms with Crippen LogP contribution in [0.25, 0.3) is 0 Å². The van der Waals surface area contributed by atoms with Crippen molar-refractivity contribution in [2.45, 2.75) is 31.8 Å². The number of ether oxygens (including phenoxy) is 1. The molecule has 1 heterocycles. The molecule has 1 saturated carbocycles. The van der Waals surface area contributed by atoms with E-state index in [2.05, 4.69) is 10.6 Å². The SMILES string of the molecule is C1CC(CNCCC2CNCCO2)C1. The second kappa shape index (κ2) is 5.69. The van der Waals surface area contributed by atoms with E-state index in [1.54, 1.807) is 0 Å². The molecule has 0 aromatic rings. The van der Waals surface area contributed by atoms with E-state index < -0.39 is 0 Å². The van der Waals surface area contributed by atoms with E-state index in [0.29, 0.717) is 6.10 Å². The van der Waals surface area contributed by atoms with Crippen LogP contribution in [0.4, 0.5) is 0 Å². The lowest BCUT2D eigenvalue weighted by atomic mass is 9.85. The summed E-state index contributed by atoms with van der Waals surface area (Å²) in [5, 5.41) is 6.88. The third-order valence-electron chi connectivity index (χ3n) is 3.31.